The van der Waals surface area contributed by atoms with Crippen molar-refractivity contribution in [2.75, 3.05) is 12.3 Å². The minimum Gasteiger partial charge on any atom is -0.399 e. The summed E-state index contributed by atoms with van der Waals surface area (Å²) >= 11 is 0. The second-order valence-corrected chi connectivity index (χ2v) is 8.80. The molecule has 4 rings (SSSR count). The van der Waals surface area contributed by atoms with Gasteiger partial charge in [-0.05, 0) is 70.8 Å². The van der Waals surface area contributed by atoms with Gasteiger partial charge in [-0.3, -0.25) is 9.78 Å². The van der Waals surface area contributed by atoms with E-state index in [4.69, 9.17) is 10.5 Å². The van der Waals surface area contributed by atoms with E-state index in [2.05, 4.69) is 59.6 Å². The Morgan fingerprint density at radius 1 is 0.771 bits per heavy atom. The van der Waals surface area contributed by atoms with Crippen LogP contribution >= 0.6 is 0 Å². The third-order valence-electron chi connectivity index (χ3n) is 6.13. The number of hydrogen-bond donors (Lipinski definition) is 1. The first-order chi connectivity index (χ1) is 17.2. The largest absolute Gasteiger partial charge is 0.399 e. The van der Waals surface area contributed by atoms with Gasteiger partial charge in [0.15, 0.2) is 0 Å². The quantitative estimate of drug-likeness (QED) is 0.200. The molecular formula is C31H32N2O2. The second kappa shape index (κ2) is 12.6. The average Bonchev–Trinajstić information content (AvgIpc) is 2.90. The number of rotatable bonds is 12. The maximum Gasteiger partial charge on any atom is 0.133 e. The maximum absolute atomic E-state index is 12.2. The molecule has 0 aliphatic rings. The number of benzene rings is 3. The van der Waals surface area contributed by atoms with Crippen LogP contribution in [-0.2, 0) is 35.4 Å². The van der Waals surface area contributed by atoms with E-state index in [1.54, 1.807) is 6.20 Å². The van der Waals surface area contributed by atoms with Gasteiger partial charge in [0.1, 0.15) is 5.78 Å². The van der Waals surface area contributed by atoms with E-state index in [1.807, 2.05) is 36.5 Å². The van der Waals surface area contributed by atoms with Crippen molar-refractivity contribution >= 4 is 11.5 Å². The number of aryl methyl sites for hydroxylation is 2. The zero-order chi connectivity index (χ0) is 24.3. The van der Waals surface area contributed by atoms with E-state index in [1.165, 1.54) is 16.7 Å². The molecule has 0 amide bonds. The second-order valence-electron chi connectivity index (χ2n) is 8.80. The van der Waals surface area contributed by atoms with E-state index in [0.29, 0.717) is 31.8 Å². The summed E-state index contributed by atoms with van der Waals surface area (Å²) < 4.78 is 5.97. The van der Waals surface area contributed by atoms with Crippen LogP contribution < -0.4 is 5.73 Å². The summed E-state index contributed by atoms with van der Waals surface area (Å²) in [4.78, 5) is 16.3. The molecule has 0 spiro atoms. The van der Waals surface area contributed by atoms with Crippen LogP contribution in [-0.4, -0.2) is 17.4 Å². The summed E-state index contributed by atoms with van der Waals surface area (Å²) in [5, 5.41) is 0. The summed E-state index contributed by atoms with van der Waals surface area (Å²) in [6, 6.07) is 28.7. The first-order valence-electron chi connectivity index (χ1n) is 12.2. The minimum absolute atomic E-state index is 0.291. The number of aromatic nitrogens is 1. The van der Waals surface area contributed by atoms with Crippen molar-refractivity contribution in [1.82, 2.24) is 4.98 Å². The summed E-state index contributed by atoms with van der Waals surface area (Å²) in [5.41, 5.74) is 13.7. The van der Waals surface area contributed by atoms with Crippen molar-refractivity contribution in [1.29, 1.82) is 0 Å². The van der Waals surface area contributed by atoms with Crippen LogP contribution in [0.2, 0.25) is 0 Å². The Morgan fingerprint density at radius 2 is 1.54 bits per heavy atom. The molecule has 0 aliphatic carbocycles. The Labute approximate surface area is 207 Å². The van der Waals surface area contributed by atoms with Gasteiger partial charge in [0.25, 0.3) is 0 Å². The molecule has 0 saturated heterocycles. The summed E-state index contributed by atoms with van der Waals surface area (Å²) in [6.45, 7) is 1.22. The van der Waals surface area contributed by atoms with Crippen molar-refractivity contribution < 1.29 is 9.53 Å². The van der Waals surface area contributed by atoms with E-state index in [9.17, 15) is 4.79 Å². The predicted molar refractivity (Wildman–Crippen MR) is 142 cm³/mol. The number of Topliss-reactive ketones (excluding diaryl/α,β-unsaturated/α-hetero) is 1. The molecule has 1 aromatic heterocycles. The number of anilines is 1. The maximum atomic E-state index is 12.2. The minimum atomic E-state index is 0.291. The highest BCUT2D eigenvalue weighted by Crippen LogP contribution is 2.25. The molecule has 35 heavy (non-hydrogen) atoms. The first kappa shape index (κ1) is 24.4. The lowest BCUT2D eigenvalue weighted by Crippen LogP contribution is -2.03. The van der Waals surface area contributed by atoms with Gasteiger partial charge in [0.05, 0.1) is 13.2 Å². The predicted octanol–water partition coefficient (Wildman–Crippen LogP) is 6.22. The Kier molecular flexibility index (Phi) is 8.79. The molecule has 0 bridgehead atoms. The number of pyridine rings is 1. The SMILES string of the molecule is Nc1cccc(-c2ccccc2CCOCc2ccc(CCC(=O)CCc3cccnc3)cc2)c1. The number of ether oxygens (including phenoxy) is 1. The summed E-state index contributed by atoms with van der Waals surface area (Å²) in [5.74, 6) is 0.291. The fraction of sp³-hybridized carbons (Fsp3) is 0.226. The Balaban J connectivity index is 1.19. The first-order valence-corrected chi connectivity index (χ1v) is 12.2. The molecule has 178 valence electrons. The lowest BCUT2D eigenvalue weighted by Gasteiger charge is -2.11. The lowest BCUT2D eigenvalue weighted by molar-refractivity contribution is -0.119. The van der Waals surface area contributed by atoms with Crippen LogP contribution in [0.15, 0.2) is 97.3 Å². The molecule has 4 nitrogen and oxygen atoms in total. The van der Waals surface area contributed by atoms with Gasteiger partial charge in [0.2, 0.25) is 0 Å². The molecule has 0 atom stereocenters. The van der Waals surface area contributed by atoms with E-state index < -0.39 is 0 Å². The number of nitrogen functional groups attached to an aromatic ring is 1. The number of ketones is 1. The van der Waals surface area contributed by atoms with Gasteiger partial charge < -0.3 is 10.5 Å². The van der Waals surface area contributed by atoms with Crippen LogP contribution in [0.3, 0.4) is 0 Å². The molecule has 3 aromatic carbocycles. The summed E-state index contributed by atoms with van der Waals surface area (Å²) in [6.07, 6.45) is 7.08. The van der Waals surface area contributed by atoms with Crippen molar-refractivity contribution in [2.45, 2.75) is 38.7 Å². The monoisotopic (exact) mass is 464 g/mol. The number of carbonyl (C=O) groups is 1. The summed E-state index contributed by atoms with van der Waals surface area (Å²) in [7, 11) is 0. The highest BCUT2D eigenvalue weighted by molar-refractivity contribution is 5.78. The van der Waals surface area contributed by atoms with Gasteiger partial charge in [-0.15, -0.1) is 0 Å². The fourth-order valence-corrected chi connectivity index (χ4v) is 4.14. The Bertz CT molecular complexity index is 1220. The molecule has 0 aliphatic heterocycles. The molecule has 0 fully saturated rings. The van der Waals surface area contributed by atoms with Crippen LogP contribution in [0.5, 0.6) is 0 Å². The number of hydrogen-bond acceptors (Lipinski definition) is 4. The standard InChI is InChI=1S/C31H32N2O2/c32-29-8-3-7-28(21-29)31-9-2-1-6-27(31)18-20-35-23-26-12-10-24(11-13-26)14-16-30(34)17-15-25-5-4-19-33-22-25/h1-13,19,21-22H,14-18,20,23,32H2. The fourth-order valence-electron chi connectivity index (χ4n) is 4.14. The zero-order valence-corrected chi connectivity index (χ0v) is 20.0. The molecule has 1 heterocycles. The van der Waals surface area contributed by atoms with Gasteiger partial charge in [-0.1, -0.05) is 66.7 Å². The van der Waals surface area contributed by atoms with Crippen molar-refractivity contribution in [3.63, 3.8) is 0 Å². The lowest BCUT2D eigenvalue weighted by atomic mass is 9.97. The number of carbonyl (C=O) groups excluding carboxylic acids is 1. The molecule has 4 heteroatoms. The van der Waals surface area contributed by atoms with E-state index >= 15 is 0 Å². The third kappa shape index (κ3) is 7.62. The van der Waals surface area contributed by atoms with E-state index in [-0.39, 0.29) is 0 Å². The molecular weight excluding hydrogens is 432 g/mol. The molecule has 0 radical (unpaired) electrons. The zero-order valence-electron chi connectivity index (χ0n) is 20.0. The van der Waals surface area contributed by atoms with E-state index in [0.717, 1.165) is 41.6 Å². The molecule has 2 N–H and O–H groups in total. The number of nitrogens with zero attached hydrogens (tertiary/aromatic N) is 1. The Morgan fingerprint density at radius 3 is 2.31 bits per heavy atom. The average molecular weight is 465 g/mol. The van der Waals surface area contributed by atoms with Crippen LogP contribution in [0, 0.1) is 0 Å². The normalized spacial score (nSPS) is 10.9. The van der Waals surface area contributed by atoms with Crippen molar-refractivity contribution in [3.05, 3.63) is 120 Å². The highest BCUT2D eigenvalue weighted by atomic mass is 16.5. The topological polar surface area (TPSA) is 65.2 Å². The van der Waals surface area contributed by atoms with Crippen molar-refractivity contribution in [3.8, 4) is 11.1 Å². The molecule has 0 unspecified atom stereocenters. The van der Waals surface area contributed by atoms with Gasteiger partial charge in [-0.2, -0.15) is 0 Å². The van der Waals surface area contributed by atoms with Crippen LogP contribution in [0.4, 0.5) is 5.69 Å². The van der Waals surface area contributed by atoms with Gasteiger partial charge in [0, 0.05) is 30.9 Å². The van der Waals surface area contributed by atoms with Gasteiger partial charge >= 0.3 is 0 Å². The molecule has 4 aromatic rings. The van der Waals surface area contributed by atoms with Crippen LogP contribution in [0.1, 0.15) is 35.1 Å². The van der Waals surface area contributed by atoms with Crippen molar-refractivity contribution in [2.24, 2.45) is 0 Å². The Hall–Kier alpha value is -3.76. The highest BCUT2D eigenvalue weighted by Gasteiger charge is 2.06. The van der Waals surface area contributed by atoms with Crippen LogP contribution in [0.25, 0.3) is 11.1 Å². The number of nitrogens with two attached hydrogens (primary N) is 1. The smallest absolute Gasteiger partial charge is 0.133 e. The van der Waals surface area contributed by atoms with Gasteiger partial charge in [-0.25, -0.2) is 0 Å². The molecule has 0 saturated carbocycles. The third-order valence-corrected chi connectivity index (χ3v) is 6.13.